The van der Waals surface area contributed by atoms with Gasteiger partial charge in [-0.25, -0.2) is 9.07 Å². The van der Waals surface area contributed by atoms with E-state index in [4.69, 9.17) is 4.74 Å². The minimum atomic E-state index is -0.509. The quantitative estimate of drug-likeness (QED) is 0.665. The summed E-state index contributed by atoms with van der Waals surface area (Å²) >= 11 is 0. The Morgan fingerprint density at radius 1 is 1.04 bits per heavy atom. The number of hydrogen-bond acceptors (Lipinski definition) is 4. The molecule has 0 spiro atoms. The summed E-state index contributed by atoms with van der Waals surface area (Å²) in [6.45, 7) is 4.11. The smallest absolute Gasteiger partial charge is 0.273 e. The summed E-state index contributed by atoms with van der Waals surface area (Å²) in [5.74, 6) is -0.666. The second kappa shape index (κ2) is 8.34. The molecule has 0 unspecified atom stereocenters. The number of carbonyl (C=O) groups is 2. The molecule has 3 rings (SSSR count). The zero-order valence-corrected chi connectivity index (χ0v) is 15.4. The maximum atomic E-state index is 13.1. The number of benzene rings is 2. The molecule has 2 amide bonds. The molecule has 0 bridgehead atoms. The van der Waals surface area contributed by atoms with Gasteiger partial charge < -0.3 is 4.74 Å². The highest BCUT2D eigenvalue weighted by Gasteiger charge is 2.16. The summed E-state index contributed by atoms with van der Waals surface area (Å²) in [6, 6.07) is 12.3. The normalized spacial score (nSPS) is 10.4. The van der Waals surface area contributed by atoms with Crippen LogP contribution in [0.15, 0.2) is 54.7 Å². The van der Waals surface area contributed by atoms with Crippen LogP contribution in [0.3, 0.4) is 0 Å². The van der Waals surface area contributed by atoms with Gasteiger partial charge in [0.2, 0.25) is 0 Å². The molecular formula is C20H19FN4O3. The van der Waals surface area contributed by atoms with Gasteiger partial charge in [0.05, 0.1) is 29.7 Å². The molecule has 2 N–H and O–H groups in total. The Morgan fingerprint density at radius 3 is 2.32 bits per heavy atom. The van der Waals surface area contributed by atoms with Crippen LogP contribution in [0.25, 0.3) is 5.69 Å². The van der Waals surface area contributed by atoms with Gasteiger partial charge in [0.1, 0.15) is 11.6 Å². The zero-order chi connectivity index (χ0) is 20.1. The molecule has 0 aliphatic heterocycles. The Hall–Kier alpha value is -3.68. The molecule has 0 saturated carbocycles. The molecule has 1 aromatic heterocycles. The van der Waals surface area contributed by atoms with E-state index in [-0.39, 0.29) is 11.4 Å². The molecule has 0 fully saturated rings. The fraction of sp³-hybridized carbons (Fsp3) is 0.150. The highest BCUT2D eigenvalue weighted by Crippen LogP contribution is 2.15. The molecule has 7 nitrogen and oxygen atoms in total. The SMILES string of the molecule is CCOc1ccc(C(=O)NNC(=O)c2cnn(-c3ccc(F)cc3)c2C)cc1. The van der Waals surface area contributed by atoms with E-state index >= 15 is 0 Å². The molecular weight excluding hydrogens is 363 g/mol. The Balaban J connectivity index is 1.65. The van der Waals surface area contributed by atoms with Crippen molar-refractivity contribution in [3.05, 3.63) is 77.4 Å². The summed E-state index contributed by atoms with van der Waals surface area (Å²) < 4.78 is 19.9. The molecule has 2 aromatic carbocycles. The first kappa shape index (κ1) is 19.1. The second-order valence-corrected chi connectivity index (χ2v) is 5.90. The topological polar surface area (TPSA) is 85.2 Å². The number of hydrogen-bond donors (Lipinski definition) is 2. The molecule has 0 atom stereocenters. The molecule has 0 aliphatic carbocycles. The largest absolute Gasteiger partial charge is 0.494 e. The average molecular weight is 382 g/mol. The maximum Gasteiger partial charge on any atom is 0.273 e. The first-order chi connectivity index (χ1) is 13.5. The first-order valence-electron chi connectivity index (χ1n) is 8.63. The Kier molecular flexibility index (Phi) is 5.69. The predicted molar refractivity (Wildman–Crippen MR) is 101 cm³/mol. The monoisotopic (exact) mass is 382 g/mol. The summed E-state index contributed by atoms with van der Waals surface area (Å²) in [5.41, 5.74) is 6.58. The molecule has 28 heavy (non-hydrogen) atoms. The summed E-state index contributed by atoms with van der Waals surface area (Å²) in [7, 11) is 0. The standard InChI is InChI=1S/C20H19FN4O3/c1-3-28-17-10-4-14(5-11-17)19(26)23-24-20(27)18-12-22-25(13(18)2)16-8-6-15(21)7-9-16/h4-12H,3H2,1-2H3,(H,23,26)(H,24,27). The van der Waals surface area contributed by atoms with E-state index in [0.29, 0.717) is 29.3 Å². The van der Waals surface area contributed by atoms with Crippen LogP contribution >= 0.6 is 0 Å². The first-order valence-corrected chi connectivity index (χ1v) is 8.63. The van der Waals surface area contributed by atoms with Crippen LogP contribution in [-0.4, -0.2) is 28.2 Å². The molecule has 0 aliphatic rings. The molecule has 144 valence electrons. The Morgan fingerprint density at radius 2 is 1.68 bits per heavy atom. The lowest BCUT2D eigenvalue weighted by Gasteiger charge is -2.09. The van der Waals surface area contributed by atoms with Gasteiger partial charge >= 0.3 is 0 Å². The van der Waals surface area contributed by atoms with E-state index in [9.17, 15) is 14.0 Å². The lowest BCUT2D eigenvalue weighted by Crippen LogP contribution is -2.41. The lowest BCUT2D eigenvalue weighted by molar-refractivity contribution is 0.0846. The summed E-state index contributed by atoms with van der Waals surface area (Å²) in [6.07, 6.45) is 1.39. The lowest BCUT2D eigenvalue weighted by atomic mass is 10.2. The van der Waals surface area contributed by atoms with Gasteiger partial charge in [0.25, 0.3) is 11.8 Å². The van der Waals surface area contributed by atoms with E-state index < -0.39 is 11.8 Å². The number of ether oxygens (including phenoxy) is 1. The number of nitrogens with one attached hydrogen (secondary N) is 2. The van der Waals surface area contributed by atoms with Crippen LogP contribution in [0.2, 0.25) is 0 Å². The molecule has 0 saturated heterocycles. The molecule has 3 aromatic rings. The number of halogens is 1. The van der Waals surface area contributed by atoms with E-state index in [2.05, 4.69) is 16.0 Å². The van der Waals surface area contributed by atoms with Crippen molar-refractivity contribution in [1.82, 2.24) is 20.6 Å². The Bertz CT molecular complexity index is 982. The van der Waals surface area contributed by atoms with Gasteiger partial charge in [-0.05, 0) is 62.4 Å². The maximum absolute atomic E-state index is 13.1. The van der Waals surface area contributed by atoms with E-state index in [1.165, 1.54) is 23.0 Å². The third-order valence-corrected chi connectivity index (χ3v) is 4.04. The highest BCUT2D eigenvalue weighted by atomic mass is 19.1. The van der Waals surface area contributed by atoms with Crippen LogP contribution in [0.4, 0.5) is 4.39 Å². The third-order valence-electron chi connectivity index (χ3n) is 4.04. The van der Waals surface area contributed by atoms with Crippen molar-refractivity contribution in [3.8, 4) is 11.4 Å². The van der Waals surface area contributed by atoms with Gasteiger partial charge in [0.15, 0.2) is 0 Å². The van der Waals surface area contributed by atoms with Crippen molar-refractivity contribution in [1.29, 1.82) is 0 Å². The van der Waals surface area contributed by atoms with Crippen LogP contribution in [0.1, 0.15) is 33.3 Å². The fourth-order valence-electron chi connectivity index (χ4n) is 2.60. The van der Waals surface area contributed by atoms with Crippen molar-refractivity contribution in [3.63, 3.8) is 0 Å². The van der Waals surface area contributed by atoms with Crippen LogP contribution in [0, 0.1) is 12.7 Å². The minimum absolute atomic E-state index is 0.288. The van der Waals surface area contributed by atoms with E-state index in [1.54, 1.807) is 43.3 Å². The van der Waals surface area contributed by atoms with Crippen molar-refractivity contribution in [2.75, 3.05) is 6.61 Å². The van der Waals surface area contributed by atoms with Gasteiger partial charge in [-0.3, -0.25) is 20.4 Å². The number of amides is 2. The van der Waals surface area contributed by atoms with Crippen molar-refractivity contribution in [2.24, 2.45) is 0 Å². The van der Waals surface area contributed by atoms with E-state index in [0.717, 1.165) is 0 Å². The average Bonchev–Trinajstić information content (AvgIpc) is 3.09. The minimum Gasteiger partial charge on any atom is -0.494 e. The van der Waals surface area contributed by atoms with Gasteiger partial charge in [-0.2, -0.15) is 5.10 Å². The van der Waals surface area contributed by atoms with Gasteiger partial charge in [0, 0.05) is 5.56 Å². The van der Waals surface area contributed by atoms with E-state index in [1.807, 2.05) is 6.92 Å². The van der Waals surface area contributed by atoms with Crippen LogP contribution < -0.4 is 15.6 Å². The molecule has 0 radical (unpaired) electrons. The summed E-state index contributed by atoms with van der Waals surface area (Å²) in [4.78, 5) is 24.6. The number of nitrogens with zero attached hydrogens (tertiary/aromatic N) is 2. The molecule has 8 heteroatoms. The highest BCUT2D eigenvalue weighted by molar-refractivity contribution is 5.99. The molecule has 1 heterocycles. The number of hydrazine groups is 1. The van der Waals surface area contributed by atoms with Crippen molar-refractivity contribution >= 4 is 11.8 Å². The number of rotatable bonds is 5. The third kappa shape index (κ3) is 4.17. The number of aromatic nitrogens is 2. The predicted octanol–water partition coefficient (Wildman–Crippen LogP) is 2.79. The second-order valence-electron chi connectivity index (χ2n) is 5.90. The van der Waals surface area contributed by atoms with Crippen LogP contribution in [0.5, 0.6) is 5.75 Å². The van der Waals surface area contributed by atoms with Crippen molar-refractivity contribution < 1.29 is 18.7 Å². The number of carbonyl (C=O) groups excluding carboxylic acids is 2. The van der Waals surface area contributed by atoms with Gasteiger partial charge in [-0.15, -0.1) is 0 Å². The van der Waals surface area contributed by atoms with Crippen molar-refractivity contribution in [2.45, 2.75) is 13.8 Å². The van der Waals surface area contributed by atoms with Gasteiger partial charge in [-0.1, -0.05) is 0 Å². The summed E-state index contributed by atoms with van der Waals surface area (Å²) in [5, 5.41) is 4.16. The Labute approximate surface area is 161 Å². The zero-order valence-electron chi connectivity index (χ0n) is 15.4. The fourth-order valence-corrected chi connectivity index (χ4v) is 2.60. The van der Waals surface area contributed by atoms with Crippen LogP contribution in [-0.2, 0) is 0 Å².